The van der Waals surface area contributed by atoms with Gasteiger partial charge in [-0.2, -0.15) is 5.10 Å². The predicted molar refractivity (Wildman–Crippen MR) is 136 cm³/mol. The van der Waals surface area contributed by atoms with Gasteiger partial charge in [-0.25, -0.2) is 15.0 Å². The predicted octanol–water partition coefficient (Wildman–Crippen LogP) is 3.88. The van der Waals surface area contributed by atoms with Crippen molar-refractivity contribution in [3.63, 3.8) is 0 Å². The number of hydrogen-bond acceptors (Lipinski definition) is 9. The Bertz CT molecular complexity index is 1710. The van der Waals surface area contributed by atoms with Gasteiger partial charge in [-0.05, 0) is 30.3 Å². The maximum absolute atomic E-state index is 6.15. The van der Waals surface area contributed by atoms with Crippen molar-refractivity contribution in [2.45, 2.75) is 6.04 Å². The first-order valence-electron chi connectivity index (χ1n) is 10.9. The molecule has 172 valence electrons. The maximum atomic E-state index is 6.15. The van der Waals surface area contributed by atoms with Crippen LogP contribution in [0.3, 0.4) is 0 Å². The molecule has 1 saturated heterocycles. The maximum Gasteiger partial charge on any atom is 0.161 e. The average Bonchev–Trinajstić information content (AvgIpc) is 3.59. The lowest BCUT2D eigenvalue weighted by Crippen LogP contribution is -2.56. The Morgan fingerprint density at radius 3 is 2.66 bits per heavy atom. The van der Waals surface area contributed by atoms with Gasteiger partial charge in [0.1, 0.15) is 28.2 Å². The molecule has 0 aliphatic carbocycles. The molecule has 0 saturated carbocycles. The number of anilines is 1. The number of aromatic nitrogens is 8. The van der Waals surface area contributed by atoms with E-state index in [9.17, 15) is 0 Å². The zero-order valence-electron chi connectivity index (χ0n) is 18.1. The molecule has 0 aromatic carbocycles. The zero-order valence-corrected chi connectivity index (χ0v) is 19.7. The quantitative estimate of drug-likeness (QED) is 0.331. The molecule has 35 heavy (non-hydrogen) atoms. The van der Waals surface area contributed by atoms with Crippen LogP contribution < -0.4 is 10.6 Å². The van der Waals surface area contributed by atoms with Gasteiger partial charge < -0.3 is 15.6 Å². The van der Waals surface area contributed by atoms with Crippen molar-refractivity contribution in [2.75, 3.05) is 18.0 Å². The van der Waals surface area contributed by atoms with E-state index in [1.807, 2.05) is 30.3 Å². The summed E-state index contributed by atoms with van der Waals surface area (Å²) in [6.45, 7) is 1.55. The molecule has 1 aliphatic heterocycles. The summed E-state index contributed by atoms with van der Waals surface area (Å²) < 4.78 is 0.703. The molecule has 1 aliphatic rings. The van der Waals surface area contributed by atoms with E-state index >= 15 is 0 Å². The number of nitrogens with zero attached hydrogens (tertiary/aromatic N) is 7. The molecule has 0 atom stereocenters. The van der Waals surface area contributed by atoms with Crippen molar-refractivity contribution in [1.29, 1.82) is 0 Å². The fraction of sp³-hybridized carbons (Fsp3) is 0.130. The second kappa shape index (κ2) is 7.80. The van der Waals surface area contributed by atoms with Gasteiger partial charge >= 0.3 is 0 Å². The summed E-state index contributed by atoms with van der Waals surface area (Å²) in [5.41, 5.74) is 11.8. The Balaban J connectivity index is 1.31. The molecule has 4 N–H and O–H groups in total. The van der Waals surface area contributed by atoms with Gasteiger partial charge in [0, 0.05) is 25.3 Å². The Hall–Kier alpha value is -3.93. The summed E-state index contributed by atoms with van der Waals surface area (Å²) in [6, 6.07) is 9.72. The summed E-state index contributed by atoms with van der Waals surface area (Å²) in [4.78, 5) is 29.8. The van der Waals surface area contributed by atoms with Crippen molar-refractivity contribution < 1.29 is 0 Å². The van der Waals surface area contributed by atoms with E-state index < -0.39 is 0 Å². The Morgan fingerprint density at radius 1 is 0.943 bits per heavy atom. The zero-order chi connectivity index (χ0) is 23.5. The van der Waals surface area contributed by atoms with Gasteiger partial charge in [0.15, 0.2) is 11.5 Å². The number of H-pyrrole nitrogens is 2. The molecule has 0 spiro atoms. The van der Waals surface area contributed by atoms with E-state index in [1.165, 1.54) is 11.3 Å². The molecule has 0 unspecified atom stereocenters. The SMILES string of the molecule is NC1CN(c2cncc(-c3ccc4[nH]nc(-c5nc6c(-c7ccc(Cl)s7)nccc6[nH]5)c4n3)n2)C1. The van der Waals surface area contributed by atoms with Gasteiger partial charge in [0.05, 0.1) is 38.3 Å². The number of rotatable bonds is 4. The first kappa shape index (κ1) is 20.4. The summed E-state index contributed by atoms with van der Waals surface area (Å²) >= 11 is 7.61. The fourth-order valence-electron chi connectivity index (χ4n) is 4.21. The van der Waals surface area contributed by atoms with Crippen LogP contribution in [0, 0.1) is 0 Å². The summed E-state index contributed by atoms with van der Waals surface area (Å²) in [5, 5.41) is 7.55. The number of nitrogens with one attached hydrogen (secondary N) is 2. The minimum Gasteiger partial charge on any atom is -0.352 e. The average molecular weight is 501 g/mol. The molecule has 0 bridgehead atoms. The molecule has 7 rings (SSSR count). The van der Waals surface area contributed by atoms with Crippen LogP contribution in [-0.2, 0) is 0 Å². The highest BCUT2D eigenvalue weighted by molar-refractivity contribution is 7.19. The number of fused-ring (bicyclic) bond motifs is 2. The number of halogens is 1. The Kier molecular flexibility index (Phi) is 4.56. The van der Waals surface area contributed by atoms with Crippen LogP contribution in [0.15, 0.2) is 48.9 Å². The van der Waals surface area contributed by atoms with E-state index in [-0.39, 0.29) is 6.04 Å². The van der Waals surface area contributed by atoms with E-state index in [1.54, 1.807) is 18.6 Å². The van der Waals surface area contributed by atoms with E-state index in [0.29, 0.717) is 32.8 Å². The highest BCUT2D eigenvalue weighted by Crippen LogP contribution is 2.35. The largest absolute Gasteiger partial charge is 0.352 e. The minimum atomic E-state index is 0.180. The van der Waals surface area contributed by atoms with Crippen molar-refractivity contribution in [1.82, 2.24) is 40.1 Å². The minimum absolute atomic E-state index is 0.180. The molecule has 6 aromatic rings. The number of hydrogen-bond donors (Lipinski definition) is 3. The van der Waals surface area contributed by atoms with E-state index in [0.717, 1.165) is 46.0 Å². The third-order valence-electron chi connectivity index (χ3n) is 5.96. The number of pyridine rings is 2. The molecular weight excluding hydrogens is 484 g/mol. The van der Waals surface area contributed by atoms with Crippen LogP contribution in [0.4, 0.5) is 5.82 Å². The number of nitrogens with two attached hydrogens (primary N) is 1. The van der Waals surface area contributed by atoms with Crippen LogP contribution in [0.1, 0.15) is 0 Å². The van der Waals surface area contributed by atoms with Gasteiger partial charge in [-0.15, -0.1) is 11.3 Å². The summed E-state index contributed by atoms with van der Waals surface area (Å²) in [7, 11) is 0. The van der Waals surface area contributed by atoms with Crippen molar-refractivity contribution >= 4 is 50.8 Å². The number of thiophene rings is 1. The summed E-state index contributed by atoms with van der Waals surface area (Å²) in [5.74, 6) is 1.40. The lowest BCUT2D eigenvalue weighted by Gasteiger charge is -2.37. The smallest absolute Gasteiger partial charge is 0.161 e. The molecule has 0 radical (unpaired) electrons. The van der Waals surface area contributed by atoms with Crippen LogP contribution in [-0.4, -0.2) is 59.2 Å². The van der Waals surface area contributed by atoms with Crippen LogP contribution in [0.5, 0.6) is 0 Å². The third-order valence-corrected chi connectivity index (χ3v) is 7.20. The lowest BCUT2D eigenvalue weighted by molar-refractivity contribution is 0.514. The highest BCUT2D eigenvalue weighted by atomic mass is 35.5. The monoisotopic (exact) mass is 500 g/mol. The number of aromatic amines is 2. The molecular formula is C23H17ClN10S. The molecule has 1 fully saturated rings. The second-order valence-electron chi connectivity index (χ2n) is 8.34. The standard InChI is InChI=1S/C23H17ClN10S/c24-17-4-3-16(35-17)21-19-13(5-6-27-21)30-23(31-19)22-20-14(32-33-22)2-1-12(29-20)15-7-26-8-18(28-15)34-9-11(25)10-34/h1-8,11H,9-10,25H2,(H,30,31)(H,32,33). The molecule has 6 aromatic heterocycles. The fourth-order valence-corrected chi connectivity index (χ4v) is 5.25. The van der Waals surface area contributed by atoms with Gasteiger partial charge in [0.25, 0.3) is 0 Å². The normalized spacial score (nSPS) is 14.2. The number of imidazole rings is 1. The molecule has 12 heteroatoms. The lowest BCUT2D eigenvalue weighted by atomic mass is 10.1. The first-order chi connectivity index (χ1) is 17.1. The van der Waals surface area contributed by atoms with Gasteiger partial charge in [-0.3, -0.25) is 15.1 Å². The Labute approximate surface area is 207 Å². The Morgan fingerprint density at radius 2 is 1.83 bits per heavy atom. The van der Waals surface area contributed by atoms with Crippen molar-refractivity contribution in [2.24, 2.45) is 5.73 Å². The van der Waals surface area contributed by atoms with Crippen LogP contribution in [0.2, 0.25) is 4.34 Å². The molecule has 7 heterocycles. The summed E-state index contributed by atoms with van der Waals surface area (Å²) in [6.07, 6.45) is 5.21. The van der Waals surface area contributed by atoms with Crippen LogP contribution >= 0.6 is 22.9 Å². The highest BCUT2D eigenvalue weighted by Gasteiger charge is 2.25. The first-order valence-corrected chi connectivity index (χ1v) is 12.1. The van der Waals surface area contributed by atoms with Crippen LogP contribution in [0.25, 0.3) is 55.5 Å². The van der Waals surface area contributed by atoms with Gasteiger partial charge in [-0.1, -0.05) is 11.6 Å². The van der Waals surface area contributed by atoms with E-state index in [2.05, 4.69) is 30.0 Å². The third kappa shape index (κ3) is 3.43. The second-order valence-corrected chi connectivity index (χ2v) is 10.1. The topological polar surface area (TPSA) is 138 Å². The van der Waals surface area contributed by atoms with Crippen molar-refractivity contribution in [3.05, 3.63) is 53.3 Å². The molecule has 0 amide bonds. The van der Waals surface area contributed by atoms with Crippen molar-refractivity contribution in [3.8, 4) is 33.5 Å². The van der Waals surface area contributed by atoms with Gasteiger partial charge in [0.2, 0.25) is 0 Å². The molecule has 10 nitrogen and oxygen atoms in total. The van der Waals surface area contributed by atoms with E-state index in [4.69, 9.17) is 32.3 Å².